The molecule has 1 heterocycles. The number of aryl methyl sites for hydroxylation is 1. The molecule has 0 amide bonds. The minimum atomic E-state index is 0.496. The molecule has 0 fully saturated rings. The molecule has 3 aromatic carbocycles. The lowest BCUT2D eigenvalue weighted by Crippen LogP contribution is -2.08. The maximum absolute atomic E-state index is 8.53. The molecule has 0 aliphatic rings. The lowest BCUT2D eigenvalue weighted by atomic mass is 10.1. The van der Waals surface area contributed by atoms with Crippen molar-refractivity contribution in [3.63, 3.8) is 0 Å². The van der Waals surface area contributed by atoms with E-state index < -0.39 is 0 Å². The van der Waals surface area contributed by atoms with Crippen LogP contribution in [0.25, 0.3) is 22.2 Å². The zero-order valence-corrected chi connectivity index (χ0v) is 19.1. The number of nitrogens with zero attached hydrogens (tertiary/aromatic N) is 1. The van der Waals surface area contributed by atoms with Gasteiger partial charge < -0.3 is 14.7 Å². The molecule has 0 saturated carbocycles. The minimum Gasteiger partial charge on any atom is -0.497 e. The molecule has 4 aromatic rings. The van der Waals surface area contributed by atoms with E-state index in [0.29, 0.717) is 12.3 Å². The summed E-state index contributed by atoms with van der Waals surface area (Å²) < 4.78 is 7.60. The van der Waals surface area contributed by atoms with Crippen molar-refractivity contribution in [2.24, 2.45) is 0 Å². The molecule has 3 nitrogen and oxygen atoms in total. The van der Waals surface area contributed by atoms with E-state index in [4.69, 9.17) is 10.1 Å². The normalized spacial score (nSPS) is 11.6. The average molecular weight is 439 g/mol. The van der Waals surface area contributed by atoms with Gasteiger partial charge in [0, 0.05) is 21.5 Å². The lowest BCUT2D eigenvalue weighted by molar-refractivity contribution is 0.415. The van der Waals surface area contributed by atoms with Crippen molar-refractivity contribution < 1.29 is 4.74 Å². The van der Waals surface area contributed by atoms with Gasteiger partial charge in [0.2, 0.25) is 0 Å². The summed E-state index contributed by atoms with van der Waals surface area (Å²) in [6, 6.07) is 27.0. The van der Waals surface area contributed by atoms with Crippen molar-refractivity contribution in [2.45, 2.75) is 18.4 Å². The maximum atomic E-state index is 8.53. The molecule has 0 saturated heterocycles. The topological polar surface area (TPSA) is 38.0 Å². The monoisotopic (exact) mass is 438 g/mol. The van der Waals surface area contributed by atoms with Crippen LogP contribution in [0.2, 0.25) is 0 Å². The summed E-state index contributed by atoms with van der Waals surface area (Å²) in [4.78, 5) is 1.21. The number of hydrogen-bond donors (Lipinski definition) is 1. The highest BCUT2D eigenvalue weighted by Crippen LogP contribution is 2.30. The van der Waals surface area contributed by atoms with Gasteiger partial charge in [0.25, 0.3) is 0 Å². The Labute approximate surface area is 193 Å². The molecular formula is C28H26N2OS. The summed E-state index contributed by atoms with van der Waals surface area (Å²) in [5.41, 5.74) is 5.12. The lowest BCUT2D eigenvalue weighted by Gasteiger charge is -2.11. The number of thioether (sulfide) groups is 1. The molecule has 0 bridgehead atoms. The summed E-state index contributed by atoms with van der Waals surface area (Å²) in [5, 5.41) is 11.7. The number of aromatic nitrogens is 1. The number of nitrogens with one attached hydrogen (secondary N) is 1. The van der Waals surface area contributed by atoms with E-state index in [1.165, 1.54) is 10.5 Å². The summed E-state index contributed by atoms with van der Waals surface area (Å²) in [6.45, 7) is 2.59. The van der Waals surface area contributed by atoms with Crippen LogP contribution in [-0.2, 0) is 6.54 Å². The molecule has 4 heteroatoms. The smallest absolute Gasteiger partial charge is 0.119 e. The van der Waals surface area contributed by atoms with Gasteiger partial charge in [0.15, 0.2) is 0 Å². The van der Waals surface area contributed by atoms with Gasteiger partial charge in [-0.1, -0.05) is 71.9 Å². The van der Waals surface area contributed by atoms with Crippen molar-refractivity contribution in [1.29, 1.82) is 5.41 Å². The predicted molar refractivity (Wildman–Crippen MR) is 137 cm³/mol. The first-order chi connectivity index (χ1) is 15.6. The molecule has 32 heavy (non-hydrogen) atoms. The number of allylic oxidation sites excluding steroid dienone is 3. The predicted octanol–water partition coefficient (Wildman–Crippen LogP) is 7.51. The number of ether oxygens (including phenoxy) is 1. The summed E-state index contributed by atoms with van der Waals surface area (Å²) >= 11 is 1.67. The standard InChI is InChI=1S/C28H26N2OS/c1-21-11-14-26(15-12-21)32-17-7-6-10-24(29)20-30-27-16-13-25(31-2)18-23(27)19-28(30)22-8-4-3-5-9-22/h3-19,29H,20H2,1-2H3/b10-6-,17-7+,29-24?. The van der Waals surface area contributed by atoms with E-state index in [9.17, 15) is 0 Å². The van der Waals surface area contributed by atoms with Gasteiger partial charge in [-0.2, -0.15) is 0 Å². The fourth-order valence-corrected chi connectivity index (χ4v) is 4.19. The highest BCUT2D eigenvalue weighted by Gasteiger charge is 2.12. The average Bonchev–Trinajstić information content (AvgIpc) is 3.18. The number of fused-ring (bicyclic) bond motifs is 1. The third-order valence-corrected chi connectivity index (χ3v) is 6.06. The van der Waals surface area contributed by atoms with Crippen LogP contribution in [-0.4, -0.2) is 17.4 Å². The minimum absolute atomic E-state index is 0.496. The van der Waals surface area contributed by atoms with Crippen molar-refractivity contribution in [3.8, 4) is 17.0 Å². The Balaban J connectivity index is 1.52. The molecule has 0 aliphatic heterocycles. The van der Waals surface area contributed by atoms with Crippen LogP contribution in [0.4, 0.5) is 0 Å². The second kappa shape index (κ2) is 10.2. The first-order valence-corrected chi connectivity index (χ1v) is 11.4. The molecule has 160 valence electrons. The highest BCUT2D eigenvalue weighted by molar-refractivity contribution is 8.02. The van der Waals surface area contributed by atoms with Crippen LogP contribution in [0, 0.1) is 12.3 Å². The van der Waals surface area contributed by atoms with Crippen LogP contribution in [0.3, 0.4) is 0 Å². The van der Waals surface area contributed by atoms with E-state index in [0.717, 1.165) is 27.9 Å². The molecule has 0 aliphatic carbocycles. The third kappa shape index (κ3) is 5.21. The molecule has 4 rings (SSSR count). The third-order valence-electron chi connectivity index (χ3n) is 5.22. The van der Waals surface area contributed by atoms with Crippen LogP contribution in [0.15, 0.2) is 107 Å². The molecule has 0 atom stereocenters. The summed E-state index contributed by atoms with van der Waals surface area (Å²) in [5.74, 6) is 0.834. The molecule has 1 N–H and O–H groups in total. The Bertz CT molecular complexity index is 1270. The fourth-order valence-electron chi connectivity index (χ4n) is 3.57. The van der Waals surface area contributed by atoms with Gasteiger partial charge in [-0.3, -0.25) is 0 Å². The van der Waals surface area contributed by atoms with E-state index in [2.05, 4.69) is 60.0 Å². The van der Waals surface area contributed by atoms with Crippen LogP contribution < -0.4 is 4.74 Å². The second-order valence-electron chi connectivity index (χ2n) is 7.55. The van der Waals surface area contributed by atoms with Crippen molar-refractivity contribution in [2.75, 3.05) is 7.11 Å². The van der Waals surface area contributed by atoms with Crippen molar-refractivity contribution >= 4 is 28.4 Å². The summed E-state index contributed by atoms with van der Waals surface area (Å²) in [6.07, 6.45) is 5.77. The zero-order valence-electron chi connectivity index (χ0n) is 18.3. The Morgan fingerprint density at radius 2 is 1.75 bits per heavy atom. The van der Waals surface area contributed by atoms with Crippen molar-refractivity contribution in [1.82, 2.24) is 4.57 Å². The molecule has 0 spiro atoms. The number of hydrogen-bond acceptors (Lipinski definition) is 3. The van der Waals surface area contributed by atoms with E-state index >= 15 is 0 Å². The fraction of sp³-hybridized carbons (Fsp3) is 0.107. The summed E-state index contributed by atoms with van der Waals surface area (Å²) in [7, 11) is 1.68. The van der Waals surface area contributed by atoms with E-state index in [1.807, 2.05) is 54.0 Å². The Hall–Kier alpha value is -3.50. The highest BCUT2D eigenvalue weighted by atomic mass is 32.2. The second-order valence-corrected chi connectivity index (χ2v) is 8.53. The van der Waals surface area contributed by atoms with Crippen LogP contribution in [0.5, 0.6) is 5.75 Å². The van der Waals surface area contributed by atoms with Crippen molar-refractivity contribution in [3.05, 3.63) is 108 Å². The van der Waals surface area contributed by atoms with Gasteiger partial charge >= 0.3 is 0 Å². The van der Waals surface area contributed by atoms with Crippen LogP contribution in [0.1, 0.15) is 5.56 Å². The largest absolute Gasteiger partial charge is 0.497 e. The van der Waals surface area contributed by atoms with Gasteiger partial charge in [0.1, 0.15) is 5.75 Å². The molecular weight excluding hydrogens is 412 g/mol. The van der Waals surface area contributed by atoms with Gasteiger partial charge in [-0.05, 0) is 60.4 Å². The first-order valence-electron chi connectivity index (χ1n) is 10.5. The van der Waals surface area contributed by atoms with Gasteiger partial charge in [-0.15, -0.1) is 0 Å². The Kier molecular flexibility index (Phi) is 6.93. The number of benzene rings is 3. The Morgan fingerprint density at radius 3 is 2.50 bits per heavy atom. The molecule has 0 radical (unpaired) electrons. The zero-order chi connectivity index (χ0) is 22.3. The molecule has 0 unspecified atom stereocenters. The van der Waals surface area contributed by atoms with E-state index in [-0.39, 0.29) is 0 Å². The van der Waals surface area contributed by atoms with Gasteiger partial charge in [0.05, 0.1) is 19.4 Å². The maximum Gasteiger partial charge on any atom is 0.119 e. The van der Waals surface area contributed by atoms with Gasteiger partial charge in [-0.25, -0.2) is 0 Å². The quantitative estimate of drug-likeness (QED) is 0.176. The van der Waals surface area contributed by atoms with Crippen LogP contribution >= 0.6 is 11.8 Å². The number of rotatable bonds is 8. The number of methoxy groups -OCH3 is 1. The SMILES string of the molecule is COc1ccc2c(c1)cc(-c1ccccc1)n2CC(=N)/C=C\C=C\Sc1ccc(C)cc1. The first kappa shape index (κ1) is 21.7. The molecule has 1 aromatic heterocycles. The Morgan fingerprint density at radius 1 is 0.969 bits per heavy atom. The van der Waals surface area contributed by atoms with E-state index in [1.54, 1.807) is 18.9 Å².